The molecule has 1 amide bonds. The molecule has 162 valence electrons. The van der Waals surface area contributed by atoms with Crippen LogP contribution in [0.5, 0.6) is 0 Å². The van der Waals surface area contributed by atoms with Crippen LogP contribution in [0.2, 0.25) is 5.02 Å². The summed E-state index contributed by atoms with van der Waals surface area (Å²) in [5, 5.41) is 7.61. The fourth-order valence-electron chi connectivity index (χ4n) is 3.45. The van der Waals surface area contributed by atoms with Gasteiger partial charge in [-0.25, -0.2) is 0 Å². The van der Waals surface area contributed by atoms with E-state index in [1.54, 1.807) is 26.0 Å². The molecule has 0 saturated heterocycles. The van der Waals surface area contributed by atoms with Crippen molar-refractivity contribution in [2.24, 2.45) is 4.99 Å². The number of halogens is 2. The molecule has 0 spiro atoms. The zero-order chi connectivity index (χ0) is 20.9. The van der Waals surface area contributed by atoms with Crippen molar-refractivity contribution in [3.05, 3.63) is 70.2 Å². The Morgan fingerprint density at radius 1 is 1.13 bits per heavy atom. The van der Waals surface area contributed by atoms with Gasteiger partial charge in [-0.1, -0.05) is 35.9 Å². The number of hydrogen-bond donors (Lipinski definition) is 2. The average molecular weight is 541 g/mol. The second kappa shape index (κ2) is 11.0. The molecule has 0 atom stereocenters. The number of rotatable bonds is 7. The lowest BCUT2D eigenvalue weighted by Gasteiger charge is -2.19. The predicted octanol–water partition coefficient (Wildman–Crippen LogP) is 4.10. The summed E-state index contributed by atoms with van der Waals surface area (Å²) in [4.78, 5) is 18.1. The van der Waals surface area contributed by atoms with Crippen LogP contribution in [0.15, 0.2) is 53.5 Å². The van der Waals surface area contributed by atoms with Crippen molar-refractivity contribution >= 4 is 47.4 Å². The summed E-state index contributed by atoms with van der Waals surface area (Å²) < 4.78 is 0. The SMILES string of the molecule is CN=C(NCCc1cccc(C(=O)N(C)C)c1)NCC1(c2cccc(Cl)c2)CC1.I. The first-order valence-corrected chi connectivity index (χ1v) is 10.3. The third-order valence-electron chi connectivity index (χ3n) is 5.39. The second-order valence-corrected chi connectivity index (χ2v) is 8.23. The fourth-order valence-corrected chi connectivity index (χ4v) is 3.64. The minimum absolute atomic E-state index is 0. The van der Waals surface area contributed by atoms with E-state index in [4.69, 9.17) is 11.6 Å². The minimum Gasteiger partial charge on any atom is -0.356 e. The molecule has 0 unspecified atom stereocenters. The molecule has 0 bridgehead atoms. The van der Waals surface area contributed by atoms with Crippen molar-refractivity contribution < 1.29 is 4.79 Å². The molecule has 0 radical (unpaired) electrons. The highest BCUT2D eigenvalue weighted by Crippen LogP contribution is 2.48. The van der Waals surface area contributed by atoms with Crippen molar-refractivity contribution in [3.8, 4) is 0 Å². The van der Waals surface area contributed by atoms with Crippen LogP contribution in [-0.2, 0) is 11.8 Å². The zero-order valence-corrected chi connectivity index (χ0v) is 20.8. The Kier molecular flexibility index (Phi) is 8.97. The van der Waals surface area contributed by atoms with E-state index in [0.717, 1.165) is 48.9 Å². The van der Waals surface area contributed by atoms with E-state index in [9.17, 15) is 4.79 Å². The fraction of sp³-hybridized carbons (Fsp3) is 0.391. The summed E-state index contributed by atoms with van der Waals surface area (Å²) in [7, 11) is 5.31. The number of amides is 1. The van der Waals surface area contributed by atoms with Crippen LogP contribution < -0.4 is 10.6 Å². The van der Waals surface area contributed by atoms with Gasteiger partial charge in [0.15, 0.2) is 5.96 Å². The summed E-state index contributed by atoms with van der Waals surface area (Å²) in [6, 6.07) is 15.9. The maximum Gasteiger partial charge on any atom is 0.253 e. The van der Waals surface area contributed by atoms with E-state index in [2.05, 4.69) is 27.8 Å². The number of guanidine groups is 1. The number of nitrogens with one attached hydrogen (secondary N) is 2. The molecular weight excluding hydrogens is 511 g/mol. The summed E-state index contributed by atoms with van der Waals surface area (Å²) in [6.07, 6.45) is 3.13. The van der Waals surface area contributed by atoms with Crippen molar-refractivity contribution in [2.75, 3.05) is 34.2 Å². The molecule has 0 aliphatic heterocycles. The Morgan fingerprint density at radius 3 is 2.50 bits per heavy atom. The smallest absolute Gasteiger partial charge is 0.253 e. The average Bonchev–Trinajstić information content (AvgIpc) is 3.51. The van der Waals surface area contributed by atoms with Crippen molar-refractivity contribution in [1.82, 2.24) is 15.5 Å². The molecule has 2 aromatic rings. The second-order valence-electron chi connectivity index (χ2n) is 7.79. The number of aliphatic imine (C=N–C) groups is 1. The molecule has 3 rings (SSSR count). The number of nitrogens with zero attached hydrogens (tertiary/aromatic N) is 2. The lowest BCUT2D eigenvalue weighted by Crippen LogP contribution is -2.42. The summed E-state index contributed by atoms with van der Waals surface area (Å²) in [5.74, 6) is 0.812. The molecule has 1 fully saturated rings. The molecule has 7 heteroatoms. The Labute approximate surface area is 201 Å². The van der Waals surface area contributed by atoms with Gasteiger partial charge >= 0.3 is 0 Å². The van der Waals surface area contributed by atoms with Crippen LogP contribution >= 0.6 is 35.6 Å². The van der Waals surface area contributed by atoms with Crippen LogP contribution in [0.25, 0.3) is 0 Å². The van der Waals surface area contributed by atoms with E-state index in [1.165, 1.54) is 5.56 Å². The van der Waals surface area contributed by atoms with Gasteiger partial charge in [0.05, 0.1) is 0 Å². The Morgan fingerprint density at radius 2 is 1.87 bits per heavy atom. The number of carbonyl (C=O) groups excluding carboxylic acids is 1. The van der Waals surface area contributed by atoms with E-state index in [1.807, 2.05) is 36.4 Å². The van der Waals surface area contributed by atoms with Crippen LogP contribution in [-0.4, -0.2) is 51.0 Å². The maximum atomic E-state index is 12.1. The monoisotopic (exact) mass is 540 g/mol. The Hall–Kier alpha value is -1.80. The van der Waals surface area contributed by atoms with Gasteiger partial charge < -0.3 is 15.5 Å². The molecule has 0 aromatic heterocycles. The first-order chi connectivity index (χ1) is 13.9. The number of carbonyl (C=O) groups is 1. The van der Waals surface area contributed by atoms with Gasteiger partial charge in [-0.3, -0.25) is 9.79 Å². The Balaban J connectivity index is 0.00000320. The van der Waals surface area contributed by atoms with Crippen LogP contribution in [0.4, 0.5) is 0 Å². The van der Waals surface area contributed by atoms with E-state index < -0.39 is 0 Å². The van der Waals surface area contributed by atoms with Crippen molar-refractivity contribution in [1.29, 1.82) is 0 Å². The van der Waals surface area contributed by atoms with Crippen LogP contribution in [0, 0.1) is 0 Å². The predicted molar refractivity (Wildman–Crippen MR) is 135 cm³/mol. The topological polar surface area (TPSA) is 56.7 Å². The highest BCUT2D eigenvalue weighted by Gasteiger charge is 2.44. The highest BCUT2D eigenvalue weighted by molar-refractivity contribution is 14.0. The first kappa shape index (κ1) is 24.5. The molecule has 1 aliphatic rings. The standard InChI is InChI=1S/C23H29ClN4O.HI/c1-25-22(27-16-23(11-12-23)19-8-5-9-20(24)15-19)26-13-10-17-6-4-7-18(14-17)21(29)28(2)3;/h4-9,14-15H,10-13,16H2,1-3H3,(H2,25,26,27);1H. The lowest BCUT2D eigenvalue weighted by atomic mass is 9.96. The van der Waals surface area contributed by atoms with Crippen LogP contribution in [0.3, 0.4) is 0 Å². The van der Waals surface area contributed by atoms with Crippen molar-refractivity contribution in [3.63, 3.8) is 0 Å². The third kappa shape index (κ3) is 6.35. The molecule has 2 N–H and O–H groups in total. The number of benzene rings is 2. The van der Waals surface area contributed by atoms with E-state index in [-0.39, 0.29) is 35.3 Å². The lowest BCUT2D eigenvalue weighted by molar-refractivity contribution is 0.0827. The molecule has 30 heavy (non-hydrogen) atoms. The molecule has 1 aliphatic carbocycles. The highest BCUT2D eigenvalue weighted by atomic mass is 127. The molecule has 0 heterocycles. The summed E-state index contributed by atoms with van der Waals surface area (Å²) >= 11 is 6.16. The maximum absolute atomic E-state index is 12.1. The van der Waals surface area contributed by atoms with Crippen molar-refractivity contribution in [2.45, 2.75) is 24.7 Å². The van der Waals surface area contributed by atoms with Gasteiger partial charge in [0.2, 0.25) is 0 Å². The van der Waals surface area contributed by atoms with Crippen LogP contribution in [0.1, 0.15) is 34.3 Å². The molecule has 2 aromatic carbocycles. The van der Waals surface area contributed by atoms with Gasteiger partial charge in [-0.15, -0.1) is 24.0 Å². The number of hydrogen-bond acceptors (Lipinski definition) is 2. The van der Waals surface area contributed by atoms with E-state index in [0.29, 0.717) is 5.56 Å². The molecule has 1 saturated carbocycles. The first-order valence-electron chi connectivity index (χ1n) is 9.95. The molecule has 5 nitrogen and oxygen atoms in total. The van der Waals surface area contributed by atoms with Gasteiger partial charge in [-0.05, 0) is 54.7 Å². The zero-order valence-electron chi connectivity index (χ0n) is 17.7. The van der Waals surface area contributed by atoms with Gasteiger partial charge in [0.1, 0.15) is 0 Å². The summed E-state index contributed by atoms with van der Waals surface area (Å²) in [5.41, 5.74) is 3.28. The van der Waals surface area contributed by atoms with Gasteiger partial charge in [-0.2, -0.15) is 0 Å². The largest absolute Gasteiger partial charge is 0.356 e. The molecular formula is C23H30ClIN4O. The Bertz CT molecular complexity index is 896. The quantitative estimate of drug-likeness (QED) is 0.316. The van der Waals surface area contributed by atoms with E-state index >= 15 is 0 Å². The van der Waals surface area contributed by atoms with Gasteiger partial charge in [0, 0.05) is 50.2 Å². The third-order valence-corrected chi connectivity index (χ3v) is 5.63. The normalized spacial score (nSPS) is 14.5. The summed E-state index contributed by atoms with van der Waals surface area (Å²) in [6.45, 7) is 1.57. The van der Waals surface area contributed by atoms with Gasteiger partial charge in [0.25, 0.3) is 5.91 Å². The minimum atomic E-state index is 0.